The van der Waals surface area contributed by atoms with Crippen LogP contribution in [0.15, 0.2) is 24.3 Å². The molecule has 1 aromatic carbocycles. The van der Waals surface area contributed by atoms with Crippen molar-refractivity contribution in [3.05, 3.63) is 24.3 Å². The van der Waals surface area contributed by atoms with Gasteiger partial charge in [-0.25, -0.2) is 0 Å². The van der Waals surface area contributed by atoms with Crippen LogP contribution in [0.1, 0.15) is 34.1 Å². The van der Waals surface area contributed by atoms with Crippen molar-refractivity contribution in [3.8, 4) is 5.75 Å². The average molecular weight is 293 g/mol. The lowest BCUT2D eigenvalue weighted by molar-refractivity contribution is -0.153. The molecular formula is C16H23NO4. The molecule has 0 aliphatic rings. The number of anilines is 1. The number of ether oxygens (including phenoxy) is 1. The molecule has 2 N–H and O–H groups in total. The molecule has 0 saturated carbocycles. The number of hydrogen-bond donors (Lipinski definition) is 2. The number of aliphatic carboxylic acids is 1. The molecular weight excluding hydrogens is 270 g/mol. The summed E-state index contributed by atoms with van der Waals surface area (Å²) in [5, 5.41) is 12.1. The van der Waals surface area contributed by atoms with Gasteiger partial charge in [-0.3, -0.25) is 9.59 Å². The molecule has 0 radical (unpaired) electrons. The molecule has 1 atom stereocenters. The molecule has 0 spiro atoms. The zero-order valence-corrected chi connectivity index (χ0v) is 13.0. The second-order valence-corrected chi connectivity index (χ2v) is 5.53. The Balaban J connectivity index is 2.85. The summed E-state index contributed by atoms with van der Waals surface area (Å²) in [7, 11) is 0. The summed E-state index contributed by atoms with van der Waals surface area (Å²) in [4.78, 5) is 23.6. The first-order valence-electron chi connectivity index (χ1n) is 7.06. The third-order valence-corrected chi connectivity index (χ3v) is 3.75. The number of carboxylic acids is 1. The zero-order chi connectivity index (χ0) is 16.0. The molecule has 21 heavy (non-hydrogen) atoms. The first-order chi connectivity index (χ1) is 9.81. The third-order valence-electron chi connectivity index (χ3n) is 3.75. The normalized spacial score (nSPS) is 13.6. The SMILES string of the molecule is CCOc1ccccc1NC(=O)C[C@@](C)(C(=O)O)C(C)C. The molecule has 1 amide bonds. The topological polar surface area (TPSA) is 75.6 Å². The van der Waals surface area contributed by atoms with E-state index in [2.05, 4.69) is 5.32 Å². The maximum atomic E-state index is 12.2. The van der Waals surface area contributed by atoms with E-state index >= 15 is 0 Å². The predicted molar refractivity (Wildman–Crippen MR) is 81.4 cm³/mol. The van der Waals surface area contributed by atoms with E-state index in [0.29, 0.717) is 18.0 Å². The van der Waals surface area contributed by atoms with Gasteiger partial charge >= 0.3 is 5.97 Å². The minimum absolute atomic E-state index is 0.0829. The molecule has 0 heterocycles. The Bertz CT molecular complexity index is 513. The summed E-state index contributed by atoms with van der Waals surface area (Å²) in [6.45, 7) is 7.55. The Hall–Kier alpha value is -2.04. The summed E-state index contributed by atoms with van der Waals surface area (Å²) in [5.41, 5.74) is -0.536. The van der Waals surface area contributed by atoms with Crippen LogP contribution in [0.4, 0.5) is 5.69 Å². The number of benzene rings is 1. The smallest absolute Gasteiger partial charge is 0.310 e. The number of nitrogens with one attached hydrogen (secondary N) is 1. The Morgan fingerprint density at radius 1 is 1.33 bits per heavy atom. The molecule has 0 aromatic heterocycles. The molecule has 116 valence electrons. The molecule has 0 bridgehead atoms. The first-order valence-corrected chi connectivity index (χ1v) is 7.06. The van der Waals surface area contributed by atoms with Crippen LogP contribution in [0.25, 0.3) is 0 Å². The van der Waals surface area contributed by atoms with Crippen molar-refractivity contribution in [2.24, 2.45) is 11.3 Å². The van der Waals surface area contributed by atoms with Crippen molar-refractivity contribution in [2.45, 2.75) is 34.1 Å². The van der Waals surface area contributed by atoms with E-state index in [1.54, 1.807) is 39.0 Å². The maximum Gasteiger partial charge on any atom is 0.310 e. The number of para-hydroxylation sites is 2. The Morgan fingerprint density at radius 3 is 2.48 bits per heavy atom. The van der Waals surface area contributed by atoms with Crippen LogP contribution in [0, 0.1) is 11.3 Å². The molecule has 5 heteroatoms. The minimum Gasteiger partial charge on any atom is -0.492 e. The van der Waals surface area contributed by atoms with Crippen molar-refractivity contribution in [1.29, 1.82) is 0 Å². The van der Waals surface area contributed by atoms with E-state index in [1.165, 1.54) is 0 Å². The number of carboxylic acid groups (broad SMARTS) is 1. The second-order valence-electron chi connectivity index (χ2n) is 5.53. The van der Waals surface area contributed by atoms with Gasteiger partial charge in [0.15, 0.2) is 0 Å². The van der Waals surface area contributed by atoms with E-state index in [0.717, 1.165) is 0 Å². The van der Waals surface area contributed by atoms with Gasteiger partial charge in [0, 0.05) is 6.42 Å². The van der Waals surface area contributed by atoms with Crippen LogP contribution in [-0.2, 0) is 9.59 Å². The van der Waals surface area contributed by atoms with Gasteiger partial charge in [0.2, 0.25) is 5.91 Å². The van der Waals surface area contributed by atoms with Gasteiger partial charge in [-0.2, -0.15) is 0 Å². The number of hydrogen-bond acceptors (Lipinski definition) is 3. The number of amides is 1. The number of rotatable bonds is 7. The lowest BCUT2D eigenvalue weighted by Gasteiger charge is -2.28. The lowest BCUT2D eigenvalue weighted by Crippen LogP contribution is -2.37. The fraction of sp³-hybridized carbons (Fsp3) is 0.500. The molecule has 0 fully saturated rings. The van der Waals surface area contributed by atoms with Crippen LogP contribution >= 0.6 is 0 Å². The van der Waals surface area contributed by atoms with Crippen LogP contribution in [0.3, 0.4) is 0 Å². The van der Waals surface area contributed by atoms with E-state index in [-0.39, 0.29) is 18.2 Å². The number of carbonyl (C=O) groups is 2. The van der Waals surface area contributed by atoms with Gasteiger partial charge in [-0.15, -0.1) is 0 Å². The standard InChI is InChI=1S/C16H23NO4/c1-5-21-13-9-7-6-8-12(13)17-14(18)10-16(4,11(2)3)15(19)20/h6-9,11H,5,10H2,1-4H3,(H,17,18)(H,19,20)/t16-/m1/s1. The highest BCUT2D eigenvalue weighted by atomic mass is 16.5. The first kappa shape index (κ1) is 17.0. The summed E-state index contributed by atoms with van der Waals surface area (Å²) in [6, 6.07) is 7.10. The van der Waals surface area contributed by atoms with Crippen LogP contribution in [0.5, 0.6) is 5.75 Å². The summed E-state index contributed by atoms with van der Waals surface area (Å²) >= 11 is 0. The molecule has 0 aliphatic carbocycles. The molecule has 0 saturated heterocycles. The van der Waals surface area contributed by atoms with Crippen molar-refractivity contribution < 1.29 is 19.4 Å². The predicted octanol–water partition coefficient (Wildman–Crippen LogP) is 3.16. The monoisotopic (exact) mass is 293 g/mol. The van der Waals surface area contributed by atoms with Crippen molar-refractivity contribution >= 4 is 17.6 Å². The molecule has 5 nitrogen and oxygen atoms in total. The van der Waals surface area contributed by atoms with E-state index < -0.39 is 11.4 Å². The lowest BCUT2D eigenvalue weighted by atomic mass is 9.76. The maximum absolute atomic E-state index is 12.2. The van der Waals surface area contributed by atoms with E-state index in [4.69, 9.17) is 4.74 Å². The van der Waals surface area contributed by atoms with Crippen molar-refractivity contribution in [2.75, 3.05) is 11.9 Å². The largest absolute Gasteiger partial charge is 0.492 e. The van der Waals surface area contributed by atoms with Gasteiger partial charge in [0.05, 0.1) is 17.7 Å². The van der Waals surface area contributed by atoms with Crippen LogP contribution < -0.4 is 10.1 Å². The average Bonchev–Trinajstić information content (AvgIpc) is 2.40. The Morgan fingerprint density at radius 2 is 1.95 bits per heavy atom. The van der Waals surface area contributed by atoms with Crippen molar-refractivity contribution in [1.82, 2.24) is 0 Å². The van der Waals surface area contributed by atoms with Crippen LogP contribution in [-0.4, -0.2) is 23.6 Å². The highest BCUT2D eigenvalue weighted by Gasteiger charge is 2.38. The zero-order valence-electron chi connectivity index (χ0n) is 13.0. The van der Waals surface area contributed by atoms with Crippen molar-refractivity contribution in [3.63, 3.8) is 0 Å². The fourth-order valence-corrected chi connectivity index (χ4v) is 1.91. The molecule has 0 aliphatic heterocycles. The second kappa shape index (κ2) is 7.11. The summed E-state index contributed by atoms with van der Waals surface area (Å²) in [6.07, 6.45) is -0.0829. The van der Waals surface area contributed by atoms with Gasteiger partial charge < -0.3 is 15.2 Å². The summed E-state index contributed by atoms with van der Waals surface area (Å²) in [5.74, 6) is -0.871. The van der Waals surface area contributed by atoms with E-state index in [9.17, 15) is 14.7 Å². The van der Waals surface area contributed by atoms with Crippen LogP contribution in [0.2, 0.25) is 0 Å². The highest BCUT2D eigenvalue weighted by Crippen LogP contribution is 2.32. The highest BCUT2D eigenvalue weighted by molar-refractivity contribution is 5.95. The van der Waals surface area contributed by atoms with Gasteiger partial charge in [-0.05, 0) is 31.9 Å². The Kier molecular flexibility index (Phi) is 5.76. The summed E-state index contributed by atoms with van der Waals surface area (Å²) < 4.78 is 5.43. The van der Waals surface area contributed by atoms with Gasteiger partial charge in [0.25, 0.3) is 0 Å². The minimum atomic E-state index is -1.09. The van der Waals surface area contributed by atoms with Gasteiger partial charge in [0.1, 0.15) is 5.75 Å². The number of carbonyl (C=O) groups excluding carboxylic acids is 1. The molecule has 1 rings (SSSR count). The molecule has 1 aromatic rings. The van der Waals surface area contributed by atoms with E-state index in [1.807, 2.05) is 13.0 Å². The fourth-order valence-electron chi connectivity index (χ4n) is 1.91. The third kappa shape index (κ3) is 4.21. The quantitative estimate of drug-likeness (QED) is 0.809. The molecule has 0 unspecified atom stereocenters. The van der Waals surface area contributed by atoms with Gasteiger partial charge in [-0.1, -0.05) is 26.0 Å². The Labute approximate surface area is 125 Å².